The third-order valence-electron chi connectivity index (χ3n) is 9.23. The van der Waals surface area contributed by atoms with E-state index in [1.165, 1.54) is 6.92 Å². The lowest BCUT2D eigenvalue weighted by Crippen LogP contribution is -2.14. The highest BCUT2D eigenvalue weighted by Gasteiger charge is 2.33. The summed E-state index contributed by atoms with van der Waals surface area (Å²) in [5.74, 6) is -1.05. The molecule has 9 nitrogen and oxygen atoms in total. The zero-order valence-electron chi connectivity index (χ0n) is 27.2. The summed E-state index contributed by atoms with van der Waals surface area (Å²) in [4.78, 5) is 59.5. The van der Waals surface area contributed by atoms with Crippen molar-refractivity contribution in [2.45, 2.75) is 73.8 Å². The van der Waals surface area contributed by atoms with Gasteiger partial charge in [0.1, 0.15) is 11.4 Å². The fourth-order valence-electron chi connectivity index (χ4n) is 7.35. The standard InChI is InChI=1S/C37H39N3O6/c1-7-45-36(43)32-21(5)29(22(6)41)25(38-32)17-24-34-28(20(4)33(39-34)37(44)46-8-2)19(3)30-31-26(15-12-16-27(31)42)40(35(24)30)18-23-13-10-9-11-14-23/h9-11,13-14,38-39H,7-8,12,15-18H2,1-6H3. The van der Waals surface area contributed by atoms with Crippen molar-refractivity contribution in [3.8, 4) is 0 Å². The number of nitrogens with one attached hydrogen (secondary N) is 2. The average Bonchev–Trinajstić information content (AvgIpc) is 3.66. The predicted molar refractivity (Wildman–Crippen MR) is 176 cm³/mol. The Hall–Kier alpha value is -4.92. The van der Waals surface area contributed by atoms with Crippen LogP contribution >= 0.6 is 0 Å². The van der Waals surface area contributed by atoms with Gasteiger partial charge < -0.3 is 24.0 Å². The number of carbonyl (C=O) groups is 4. The minimum Gasteiger partial charge on any atom is -0.461 e. The second-order valence-corrected chi connectivity index (χ2v) is 12.0. The number of aromatic amines is 2. The Morgan fingerprint density at radius 1 is 0.848 bits per heavy atom. The van der Waals surface area contributed by atoms with Gasteiger partial charge in [-0.25, -0.2) is 9.59 Å². The third kappa shape index (κ3) is 4.94. The van der Waals surface area contributed by atoms with Crippen LogP contribution in [0, 0.1) is 20.8 Å². The van der Waals surface area contributed by atoms with Gasteiger partial charge in [0.05, 0.1) is 24.2 Å². The molecule has 0 unspecified atom stereocenters. The molecule has 1 aliphatic carbocycles. The van der Waals surface area contributed by atoms with Crippen LogP contribution in [0.5, 0.6) is 0 Å². The van der Waals surface area contributed by atoms with E-state index in [1.807, 2.05) is 32.0 Å². The molecule has 0 atom stereocenters. The molecule has 2 N–H and O–H groups in total. The van der Waals surface area contributed by atoms with Gasteiger partial charge in [-0.1, -0.05) is 30.3 Å². The number of ether oxygens (including phenoxy) is 2. The zero-order chi connectivity index (χ0) is 32.9. The molecule has 2 aromatic carbocycles. The molecule has 0 spiro atoms. The lowest BCUT2D eigenvalue weighted by molar-refractivity contribution is 0.0510. The number of fused-ring (bicyclic) bond motifs is 4. The summed E-state index contributed by atoms with van der Waals surface area (Å²) < 4.78 is 13.0. The van der Waals surface area contributed by atoms with Crippen LogP contribution < -0.4 is 0 Å². The van der Waals surface area contributed by atoms with E-state index >= 15 is 0 Å². The fraction of sp³-hybridized carbons (Fsp3) is 0.351. The molecule has 46 heavy (non-hydrogen) atoms. The van der Waals surface area contributed by atoms with Crippen molar-refractivity contribution < 1.29 is 28.7 Å². The zero-order valence-corrected chi connectivity index (χ0v) is 27.2. The first-order chi connectivity index (χ1) is 22.1. The minimum atomic E-state index is -0.526. The Morgan fingerprint density at radius 3 is 2.13 bits per heavy atom. The molecule has 0 saturated carbocycles. The van der Waals surface area contributed by atoms with Crippen molar-refractivity contribution in [3.63, 3.8) is 0 Å². The van der Waals surface area contributed by atoms with Crippen LogP contribution in [0.15, 0.2) is 30.3 Å². The van der Waals surface area contributed by atoms with Crippen molar-refractivity contribution in [1.29, 1.82) is 0 Å². The quantitative estimate of drug-likeness (QED) is 0.134. The van der Waals surface area contributed by atoms with Crippen LogP contribution in [0.25, 0.3) is 21.8 Å². The highest BCUT2D eigenvalue weighted by molar-refractivity contribution is 6.17. The molecule has 0 fully saturated rings. The van der Waals surface area contributed by atoms with Crippen LogP contribution in [-0.4, -0.2) is 51.3 Å². The molecule has 0 radical (unpaired) electrons. The highest BCUT2D eigenvalue weighted by atomic mass is 16.5. The van der Waals surface area contributed by atoms with Gasteiger partial charge in [-0.3, -0.25) is 9.59 Å². The highest BCUT2D eigenvalue weighted by Crippen LogP contribution is 2.43. The van der Waals surface area contributed by atoms with Gasteiger partial charge in [-0.15, -0.1) is 0 Å². The molecule has 238 valence electrons. The normalized spacial score (nSPS) is 13.0. The number of ketones is 2. The number of aromatic nitrogens is 3. The van der Waals surface area contributed by atoms with Gasteiger partial charge in [-0.2, -0.15) is 0 Å². The van der Waals surface area contributed by atoms with E-state index in [9.17, 15) is 19.2 Å². The average molecular weight is 622 g/mol. The van der Waals surface area contributed by atoms with Gasteiger partial charge >= 0.3 is 11.9 Å². The number of hydrogen-bond donors (Lipinski definition) is 2. The topological polar surface area (TPSA) is 123 Å². The van der Waals surface area contributed by atoms with Gasteiger partial charge in [0, 0.05) is 58.2 Å². The number of esters is 2. The largest absolute Gasteiger partial charge is 0.461 e. The number of carbonyl (C=O) groups excluding carboxylic acids is 4. The van der Waals surface area contributed by atoms with Crippen LogP contribution in [0.4, 0.5) is 0 Å². The van der Waals surface area contributed by atoms with E-state index in [2.05, 4.69) is 26.7 Å². The molecule has 1 aliphatic rings. The van der Waals surface area contributed by atoms with E-state index in [0.29, 0.717) is 35.5 Å². The second-order valence-electron chi connectivity index (χ2n) is 12.0. The molecule has 0 amide bonds. The van der Waals surface area contributed by atoms with Gasteiger partial charge in [0.25, 0.3) is 0 Å². The van der Waals surface area contributed by atoms with Crippen molar-refractivity contribution in [3.05, 3.63) is 92.1 Å². The number of aryl methyl sites for hydroxylation is 2. The Kier molecular flexibility index (Phi) is 8.19. The number of hydrogen-bond acceptors (Lipinski definition) is 6. The molecule has 3 heterocycles. The summed E-state index contributed by atoms with van der Waals surface area (Å²) in [5.41, 5.74) is 9.04. The van der Waals surface area contributed by atoms with E-state index in [1.54, 1.807) is 20.8 Å². The van der Waals surface area contributed by atoms with Gasteiger partial charge in [0.2, 0.25) is 0 Å². The summed E-state index contributed by atoms with van der Waals surface area (Å²) in [6, 6.07) is 10.1. The number of rotatable bonds is 9. The number of benzene rings is 2. The van der Waals surface area contributed by atoms with E-state index < -0.39 is 11.9 Å². The predicted octanol–water partition coefficient (Wildman–Crippen LogP) is 7.09. The molecule has 0 saturated heterocycles. The van der Waals surface area contributed by atoms with Crippen LogP contribution in [0.3, 0.4) is 0 Å². The molecule has 6 rings (SSSR count). The first kappa shape index (κ1) is 31.1. The lowest BCUT2D eigenvalue weighted by Gasteiger charge is -2.17. The van der Waals surface area contributed by atoms with Gasteiger partial charge in [0.15, 0.2) is 11.6 Å². The molecule has 9 heteroatoms. The molecular weight excluding hydrogens is 582 g/mol. The van der Waals surface area contributed by atoms with E-state index in [4.69, 9.17) is 9.47 Å². The maximum absolute atomic E-state index is 13.7. The summed E-state index contributed by atoms with van der Waals surface area (Å²) in [6.45, 7) is 11.6. The first-order valence-electron chi connectivity index (χ1n) is 15.9. The van der Waals surface area contributed by atoms with Crippen molar-refractivity contribution >= 4 is 45.3 Å². The smallest absolute Gasteiger partial charge is 0.355 e. The lowest BCUT2D eigenvalue weighted by atomic mass is 9.89. The summed E-state index contributed by atoms with van der Waals surface area (Å²) >= 11 is 0. The monoisotopic (exact) mass is 621 g/mol. The van der Waals surface area contributed by atoms with Crippen molar-refractivity contribution in [2.75, 3.05) is 13.2 Å². The molecule has 3 aromatic heterocycles. The molecule has 5 aromatic rings. The summed E-state index contributed by atoms with van der Waals surface area (Å²) in [7, 11) is 0. The molecule has 0 aliphatic heterocycles. The fourth-order valence-corrected chi connectivity index (χ4v) is 7.35. The van der Waals surface area contributed by atoms with Crippen LogP contribution in [0.1, 0.15) is 115 Å². The number of Topliss-reactive ketones (excluding diaryl/α,β-unsaturated/α-hetero) is 2. The Morgan fingerprint density at radius 2 is 1.50 bits per heavy atom. The van der Waals surface area contributed by atoms with Crippen molar-refractivity contribution in [2.24, 2.45) is 0 Å². The van der Waals surface area contributed by atoms with Crippen LogP contribution in [-0.2, 0) is 28.9 Å². The van der Waals surface area contributed by atoms with Crippen LogP contribution in [0.2, 0.25) is 0 Å². The Bertz CT molecular complexity index is 2060. The van der Waals surface area contributed by atoms with Crippen molar-refractivity contribution in [1.82, 2.24) is 14.5 Å². The maximum atomic E-state index is 13.7. The molecule has 0 bridgehead atoms. The summed E-state index contributed by atoms with van der Waals surface area (Å²) in [6.07, 6.45) is 2.23. The Balaban J connectivity index is 1.73. The number of H-pyrrole nitrogens is 2. The SMILES string of the molecule is CCOC(=O)c1[nH]c(Cc2c3[nH]c(C(=O)OCC)c(C)c3c(C)c3c4c(n(Cc5ccccc5)c23)CCCC4=O)c(C(C)=O)c1C. The Labute approximate surface area is 267 Å². The van der Waals surface area contributed by atoms with E-state index in [0.717, 1.165) is 68.2 Å². The van der Waals surface area contributed by atoms with Gasteiger partial charge in [-0.05, 0) is 76.6 Å². The second kappa shape index (κ2) is 12.1. The van der Waals surface area contributed by atoms with E-state index in [-0.39, 0.29) is 36.9 Å². The molecular formula is C37H39N3O6. The maximum Gasteiger partial charge on any atom is 0.355 e. The summed E-state index contributed by atoms with van der Waals surface area (Å²) in [5, 5.41) is 1.72. The third-order valence-corrected chi connectivity index (χ3v) is 9.23. The minimum absolute atomic E-state index is 0.106. The number of nitrogens with zero attached hydrogens (tertiary/aromatic N) is 1. The first-order valence-corrected chi connectivity index (χ1v) is 15.9.